The summed E-state index contributed by atoms with van der Waals surface area (Å²) in [6.07, 6.45) is 0. The second kappa shape index (κ2) is 24.8. The van der Waals surface area contributed by atoms with Crippen molar-refractivity contribution in [3.8, 4) is 77.9 Å². The van der Waals surface area contributed by atoms with E-state index in [9.17, 15) is 0 Å². The molecular weight excluding hydrogens is 1260 g/mol. The second-order valence-corrected chi connectivity index (χ2v) is 35.0. The zero-order valence-corrected chi connectivity index (χ0v) is 63.7. The summed E-state index contributed by atoms with van der Waals surface area (Å²) in [4.78, 5) is 5.47. The molecule has 0 aliphatic carbocycles. The van der Waals surface area contributed by atoms with E-state index in [4.69, 9.17) is 0 Å². The Balaban J connectivity index is 1.08. The van der Waals surface area contributed by atoms with Gasteiger partial charge in [0.05, 0.1) is 11.4 Å². The van der Waals surface area contributed by atoms with Crippen LogP contribution < -0.4 is 26.2 Å². The molecule has 0 spiro atoms. The van der Waals surface area contributed by atoms with Crippen molar-refractivity contribution in [1.82, 2.24) is 0 Å². The van der Waals surface area contributed by atoms with Gasteiger partial charge in [0.1, 0.15) is 0 Å². The van der Waals surface area contributed by atoms with Gasteiger partial charge in [-0.1, -0.05) is 334 Å². The van der Waals surface area contributed by atoms with Gasteiger partial charge in [0.2, 0.25) is 0 Å². The molecule has 15 aromatic carbocycles. The van der Waals surface area contributed by atoms with Gasteiger partial charge in [0, 0.05) is 45.0 Å². The lowest BCUT2D eigenvalue weighted by Crippen LogP contribution is -2.61. The molecule has 2 heterocycles. The monoisotopic (exact) mass is 1360 g/mol. The van der Waals surface area contributed by atoms with Crippen molar-refractivity contribution in [2.75, 3.05) is 9.80 Å². The van der Waals surface area contributed by atoms with Crippen LogP contribution in [0.25, 0.3) is 110 Å². The molecule has 0 aromatic heterocycles. The maximum Gasteiger partial charge on any atom is 0.252 e. The first-order valence-electron chi connectivity index (χ1n) is 37.8. The summed E-state index contributed by atoms with van der Waals surface area (Å²) >= 11 is 0. The van der Waals surface area contributed by atoms with Gasteiger partial charge in [-0.15, -0.1) is 0 Å². The zero-order valence-electron chi connectivity index (χ0n) is 63.7. The van der Waals surface area contributed by atoms with Crippen LogP contribution in [0.1, 0.15) is 132 Å². The predicted octanol–water partition coefficient (Wildman–Crippen LogP) is 26.8. The third-order valence-electron chi connectivity index (χ3n) is 22.7. The topological polar surface area (TPSA) is 6.48 Å². The molecule has 0 N–H and O–H groups in total. The molecule has 0 atom stereocenters. The van der Waals surface area contributed by atoms with Crippen LogP contribution in [0, 0.1) is 0 Å². The first kappa shape index (κ1) is 67.2. The number of benzene rings is 15. The predicted molar refractivity (Wildman–Crippen MR) is 456 cm³/mol. The molecule has 0 radical (unpaired) electrons. The van der Waals surface area contributed by atoms with E-state index in [0.29, 0.717) is 0 Å². The lowest BCUT2D eigenvalue weighted by molar-refractivity contribution is 0.590. The number of rotatable bonds is 9. The summed E-state index contributed by atoms with van der Waals surface area (Å²) in [6.45, 7) is 35.0. The molecule has 2 aliphatic heterocycles. The Morgan fingerprint density at radius 3 is 1.03 bits per heavy atom. The van der Waals surface area contributed by atoms with Gasteiger partial charge in [0.15, 0.2) is 0 Å². The van der Waals surface area contributed by atoms with Crippen molar-refractivity contribution in [3.63, 3.8) is 0 Å². The van der Waals surface area contributed by atoms with E-state index in [-0.39, 0.29) is 33.8 Å². The largest absolute Gasteiger partial charge is 0.310 e. The van der Waals surface area contributed by atoms with Gasteiger partial charge in [-0.2, -0.15) is 0 Å². The van der Waals surface area contributed by atoms with Gasteiger partial charge >= 0.3 is 0 Å². The maximum atomic E-state index is 2.73. The Labute approximate surface area is 623 Å². The van der Waals surface area contributed by atoms with E-state index < -0.39 is 0 Å². The Morgan fingerprint density at radius 2 is 0.581 bits per heavy atom. The molecular formula is C102H93BN2. The van der Waals surface area contributed by atoms with Gasteiger partial charge < -0.3 is 9.80 Å². The number of anilines is 6. The average Bonchev–Trinajstić information content (AvgIpc) is 0.687. The van der Waals surface area contributed by atoms with Crippen LogP contribution in [0.15, 0.2) is 291 Å². The fourth-order valence-electron chi connectivity index (χ4n) is 16.8. The van der Waals surface area contributed by atoms with Crippen molar-refractivity contribution in [2.24, 2.45) is 0 Å². The lowest BCUT2D eigenvalue weighted by atomic mass is 9.33. The van der Waals surface area contributed by atoms with E-state index in [1.807, 2.05) is 0 Å². The lowest BCUT2D eigenvalue weighted by Gasteiger charge is -2.46. The van der Waals surface area contributed by atoms with Crippen molar-refractivity contribution < 1.29 is 0 Å². The molecule has 0 fully saturated rings. The van der Waals surface area contributed by atoms with Gasteiger partial charge in [-0.3, -0.25) is 0 Å². The fourth-order valence-corrected chi connectivity index (χ4v) is 16.8. The van der Waals surface area contributed by atoms with Crippen LogP contribution in [-0.4, -0.2) is 6.71 Å². The Bertz CT molecular complexity index is 5750. The molecule has 0 unspecified atom stereocenters. The van der Waals surface area contributed by atoms with Crippen molar-refractivity contribution >= 4 is 89.5 Å². The highest BCUT2D eigenvalue weighted by Gasteiger charge is 2.46. The molecule has 0 amide bonds. The Morgan fingerprint density at radius 1 is 0.219 bits per heavy atom. The van der Waals surface area contributed by atoms with Crippen LogP contribution in [0.4, 0.5) is 34.1 Å². The summed E-state index contributed by atoms with van der Waals surface area (Å²) < 4.78 is 0. The Kier molecular flexibility index (Phi) is 15.9. The molecule has 0 saturated heterocycles. The molecule has 2 aliphatic rings. The maximum absolute atomic E-state index is 2.73. The van der Waals surface area contributed by atoms with Crippen LogP contribution in [-0.2, 0) is 27.1 Å². The SMILES string of the molecule is CC(C)(C)c1ccc(-c2cc3c4c(c2)N(c2c(-c5ccccc5)cc(C(C)(C)C)cc2-c2ccccc2)c2cc(-c5ccccc5)ccc2B4c2cc(-c4cc5cc(C(C)(C)C)cc6ccc7cc(C(C)(C)C)cc4c7c65)ccc2N3c2c(-c3ccccc3)cc(C(C)(C)C)cc2-c2ccccc2)cc1. The van der Waals surface area contributed by atoms with Gasteiger partial charge in [-0.05, 0) is 220 Å². The highest BCUT2D eigenvalue weighted by molar-refractivity contribution is 7.00. The van der Waals surface area contributed by atoms with Gasteiger partial charge in [-0.25, -0.2) is 0 Å². The van der Waals surface area contributed by atoms with Crippen LogP contribution in [0.2, 0.25) is 0 Å². The van der Waals surface area contributed by atoms with Crippen LogP contribution >= 0.6 is 0 Å². The number of nitrogens with zero attached hydrogens (tertiary/aromatic N) is 2. The number of hydrogen-bond donors (Lipinski definition) is 0. The standard InChI is InChI=1S/C102H93BN2/c1-98(2,3)76-47-43-65(44-48-76)74-57-91-95-92(58-74)105(97-84(68-37-27-19-28-38-68)61-80(102(13,14)15)62-85(97)69-39-29-20-30-40-69)90-56-70(64-31-21-16-22-32-64)45-49-87(90)103(95)88-55-71(81-54-75-53-77(99(4,5)6)51-72-41-42-73-52-78(100(7,8)9)63-86(81)94(73)93(72)75)46-50-89(88)104(91)96-82(66-33-23-17-24-34-66)59-79(101(10,11)12)60-83(96)67-35-25-18-26-36-67/h16-63H,1-15H3. The Hall–Kier alpha value is -11.0. The molecule has 17 rings (SSSR count). The molecule has 514 valence electrons. The fraction of sp³-hybridized carbons (Fsp3) is 0.196. The van der Waals surface area contributed by atoms with Crippen molar-refractivity contribution in [2.45, 2.75) is 131 Å². The third-order valence-corrected chi connectivity index (χ3v) is 22.7. The quantitative estimate of drug-likeness (QED) is 0.105. The summed E-state index contributed by atoms with van der Waals surface area (Å²) in [5.41, 5.74) is 33.0. The normalized spacial score (nSPS) is 13.2. The summed E-state index contributed by atoms with van der Waals surface area (Å²) in [6, 6.07) is 113. The minimum Gasteiger partial charge on any atom is -0.310 e. The molecule has 3 heteroatoms. The second-order valence-electron chi connectivity index (χ2n) is 35.0. The first-order valence-corrected chi connectivity index (χ1v) is 37.8. The van der Waals surface area contributed by atoms with E-state index >= 15 is 0 Å². The molecule has 15 aromatic rings. The number of fused-ring (bicyclic) bond motifs is 4. The average molecular weight is 1360 g/mol. The van der Waals surface area contributed by atoms with Crippen molar-refractivity contribution in [1.29, 1.82) is 0 Å². The summed E-state index contributed by atoms with van der Waals surface area (Å²) in [5.74, 6) is 0. The van der Waals surface area contributed by atoms with Crippen LogP contribution in [0.5, 0.6) is 0 Å². The first-order chi connectivity index (χ1) is 50.2. The van der Waals surface area contributed by atoms with E-state index in [0.717, 1.165) is 73.1 Å². The van der Waals surface area contributed by atoms with Gasteiger partial charge in [0.25, 0.3) is 6.71 Å². The number of hydrogen-bond acceptors (Lipinski definition) is 2. The van der Waals surface area contributed by atoms with Crippen LogP contribution in [0.3, 0.4) is 0 Å². The highest BCUT2D eigenvalue weighted by atomic mass is 15.2. The highest BCUT2D eigenvalue weighted by Crippen LogP contribution is 2.56. The minimum atomic E-state index is -0.258. The minimum absolute atomic E-state index is 0.0487. The van der Waals surface area contributed by atoms with Crippen molar-refractivity contribution in [3.05, 3.63) is 319 Å². The molecule has 2 nitrogen and oxygen atoms in total. The molecule has 105 heavy (non-hydrogen) atoms. The van der Waals surface area contributed by atoms with E-state index in [1.54, 1.807) is 0 Å². The molecule has 0 saturated carbocycles. The zero-order chi connectivity index (χ0) is 72.8. The van der Waals surface area contributed by atoms with E-state index in [2.05, 4.69) is 405 Å². The molecule has 0 bridgehead atoms. The summed E-state index contributed by atoms with van der Waals surface area (Å²) in [5, 5.41) is 7.80. The van der Waals surface area contributed by atoms with E-state index in [1.165, 1.54) is 115 Å². The smallest absolute Gasteiger partial charge is 0.252 e. The third kappa shape index (κ3) is 11.8. The summed E-state index contributed by atoms with van der Waals surface area (Å²) in [7, 11) is 0.